The summed E-state index contributed by atoms with van der Waals surface area (Å²) in [5.74, 6) is 0. The first-order chi connectivity index (χ1) is 25.8. The second-order valence-corrected chi connectivity index (χ2v) is 14.3. The Kier molecular flexibility index (Phi) is 7.41. The maximum absolute atomic E-state index is 2.40. The molecule has 10 aromatic rings. The van der Waals surface area contributed by atoms with Crippen LogP contribution in [0.4, 0.5) is 17.1 Å². The summed E-state index contributed by atoms with van der Waals surface area (Å²) in [5, 5.41) is 7.70. The van der Waals surface area contributed by atoms with Gasteiger partial charge in [-0.1, -0.05) is 170 Å². The van der Waals surface area contributed by atoms with Gasteiger partial charge in [-0.2, -0.15) is 0 Å². The zero-order chi connectivity index (χ0) is 34.4. The van der Waals surface area contributed by atoms with Crippen LogP contribution in [0.15, 0.2) is 200 Å². The lowest BCUT2D eigenvalue weighted by Crippen LogP contribution is -2.10. The zero-order valence-electron chi connectivity index (χ0n) is 28.4. The summed E-state index contributed by atoms with van der Waals surface area (Å²) >= 11 is 1.91. The van der Waals surface area contributed by atoms with Crippen molar-refractivity contribution in [3.8, 4) is 33.4 Å². The Morgan fingerprint density at radius 1 is 0.288 bits per heavy atom. The smallest absolute Gasteiger partial charge is 0.0540 e. The molecule has 244 valence electrons. The maximum Gasteiger partial charge on any atom is 0.0540 e. The topological polar surface area (TPSA) is 3.24 Å². The molecule has 0 amide bonds. The van der Waals surface area contributed by atoms with Gasteiger partial charge in [0.25, 0.3) is 0 Å². The Morgan fingerprint density at radius 3 is 1.56 bits per heavy atom. The van der Waals surface area contributed by atoms with Crippen LogP contribution in [-0.4, -0.2) is 0 Å². The van der Waals surface area contributed by atoms with Gasteiger partial charge in [0, 0.05) is 36.9 Å². The van der Waals surface area contributed by atoms with Crippen molar-refractivity contribution in [1.82, 2.24) is 0 Å². The van der Waals surface area contributed by atoms with Gasteiger partial charge in [0.15, 0.2) is 0 Å². The fraction of sp³-hybridized carbons (Fsp3) is 0. The molecule has 0 saturated heterocycles. The average molecular weight is 680 g/mol. The first-order valence-corrected chi connectivity index (χ1v) is 18.6. The quantitative estimate of drug-likeness (QED) is 0.169. The summed E-state index contributed by atoms with van der Waals surface area (Å²) in [4.78, 5) is 2.40. The van der Waals surface area contributed by atoms with Gasteiger partial charge in [0.05, 0.1) is 5.69 Å². The molecule has 0 radical (unpaired) electrons. The summed E-state index contributed by atoms with van der Waals surface area (Å²) in [7, 11) is 0. The number of rotatable bonds is 6. The van der Waals surface area contributed by atoms with E-state index in [0.717, 1.165) is 17.1 Å². The van der Waals surface area contributed by atoms with Crippen LogP contribution in [0.2, 0.25) is 0 Å². The molecule has 10 rings (SSSR count). The van der Waals surface area contributed by atoms with E-state index in [1.165, 1.54) is 75.1 Å². The Balaban J connectivity index is 1.12. The Hall–Kier alpha value is -6.48. The van der Waals surface area contributed by atoms with Crippen molar-refractivity contribution in [3.05, 3.63) is 200 Å². The van der Waals surface area contributed by atoms with E-state index < -0.39 is 0 Å². The molecule has 0 bridgehead atoms. The third-order valence-electron chi connectivity index (χ3n) is 10.3. The Labute approximate surface area is 307 Å². The van der Waals surface area contributed by atoms with Crippen molar-refractivity contribution in [2.45, 2.75) is 0 Å². The number of hydrogen-bond donors (Lipinski definition) is 0. The monoisotopic (exact) mass is 679 g/mol. The largest absolute Gasteiger partial charge is 0.310 e. The van der Waals surface area contributed by atoms with Gasteiger partial charge in [-0.25, -0.2) is 0 Å². The van der Waals surface area contributed by atoms with E-state index in [2.05, 4.69) is 205 Å². The molecule has 0 aliphatic rings. The van der Waals surface area contributed by atoms with Gasteiger partial charge >= 0.3 is 0 Å². The third-order valence-corrected chi connectivity index (χ3v) is 11.6. The van der Waals surface area contributed by atoms with Crippen LogP contribution in [0.1, 0.15) is 0 Å². The molecule has 0 saturated carbocycles. The molecular weight excluding hydrogens is 647 g/mol. The summed E-state index contributed by atoms with van der Waals surface area (Å²) in [6, 6.07) is 72.7. The van der Waals surface area contributed by atoms with Gasteiger partial charge in [-0.15, -0.1) is 11.3 Å². The molecule has 0 aliphatic heterocycles. The first-order valence-electron chi connectivity index (χ1n) is 17.8. The molecule has 0 unspecified atom stereocenters. The van der Waals surface area contributed by atoms with Gasteiger partial charge in [-0.3, -0.25) is 0 Å². The molecule has 0 atom stereocenters. The van der Waals surface area contributed by atoms with E-state index in [-0.39, 0.29) is 0 Å². The first kappa shape index (κ1) is 30.4. The number of anilines is 3. The molecule has 1 heterocycles. The molecule has 52 heavy (non-hydrogen) atoms. The highest BCUT2D eigenvalue weighted by molar-refractivity contribution is 7.27. The molecule has 1 aromatic heterocycles. The van der Waals surface area contributed by atoms with Crippen LogP contribution in [0, 0.1) is 0 Å². The van der Waals surface area contributed by atoms with Gasteiger partial charge < -0.3 is 4.90 Å². The van der Waals surface area contributed by atoms with Gasteiger partial charge in [0.1, 0.15) is 0 Å². The molecule has 0 aliphatic carbocycles. The summed E-state index contributed by atoms with van der Waals surface area (Å²) in [6.07, 6.45) is 0. The molecule has 2 heteroatoms. The van der Waals surface area contributed by atoms with Gasteiger partial charge in [-0.05, 0) is 79.9 Å². The third kappa shape index (κ3) is 5.16. The van der Waals surface area contributed by atoms with Gasteiger partial charge in [0.2, 0.25) is 0 Å². The standard InChI is InChI=1S/C50H33NS/c1-3-12-34(13-4-1)35-22-27-39(28-23-35)51(48-33-32-41(36-14-5-2-6-15-36)44-18-9-10-19-45(44)48)40-29-24-38(25-30-40)43-20-11-21-46-47-31-26-37-16-7-8-17-42(37)50(47)52-49(43)46/h1-33H. The van der Waals surface area contributed by atoms with E-state index in [0.29, 0.717) is 0 Å². The lowest BCUT2D eigenvalue weighted by molar-refractivity contribution is 1.30. The van der Waals surface area contributed by atoms with Crippen molar-refractivity contribution in [3.63, 3.8) is 0 Å². The summed E-state index contributed by atoms with van der Waals surface area (Å²) < 4.78 is 2.69. The van der Waals surface area contributed by atoms with E-state index in [9.17, 15) is 0 Å². The second kappa shape index (κ2) is 12.7. The van der Waals surface area contributed by atoms with Crippen LogP contribution in [0.3, 0.4) is 0 Å². The van der Waals surface area contributed by atoms with E-state index in [4.69, 9.17) is 0 Å². The fourth-order valence-electron chi connectivity index (χ4n) is 7.75. The number of hydrogen-bond acceptors (Lipinski definition) is 2. The normalized spacial score (nSPS) is 11.5. The van der Waals surface area contributed by atoms with Crippen molar-refractivity contribution >= 4 is 70.1 Å². The Morgan fingerprint density at radius 2 is 0.827 bits per heavy atom. The summed E-state index contributed by atoms with van der Waals surface area (Å²) in [5.41, 5.74) is 10.7. The molecule has 1 nitrogen and oxygen atoms in total. The molecule has 0 fully saturated rings. The van der Waals surface area contributed by atoms with Crippen molar-refractivity contribution < 1.29 is 0 Å². The highest BCUT2D eigenvalue weighted by Gasteiger charge is 2.19. The zero-order valence-corrected chi connectivity index (χ0v) is 29.2. The fourth-order valence-corrected chi connectivity index (χ4v) is 9.12. The highest BCUT2D eigenvalue weighted by atomic mass is 32.1. The minimum Gasteiger partial charge on any atom is -0.310 e. The number of thiophene rings is 1. The van der Waals surface area contributed by atoms with Crippen molar-refractivity contribution in [1.29, 1.82) is 0 Å². The summed E-state index contributed by atoms with van der Waals surface area (Å²) in [6.45, 7) is 0. The minimum atomic E-state index is 1.11. The maximum atomic E-state index is 2.40. The Bertz CT molecular complexity index is 2870. The number of fused-ring (bicyclic) bond motifs is 6. The predicted octanol–water partition coefficient (Wildman–Crippen LogP) is 14.8. The van der Waals surface area contributed by atoms with E-state index >= 15 is 0 Å². The minimum absolute atomic E-state index is 1.11. The van der Waals surface area contributed by atoms with Crippen molar-refractivity contribution in [2.24, 2.45) is 0 Å². The number of nitrogens with zero attached hydrogens (tertiary/aromatic N) is 1. The lowest BCUT2D eigenvalue weighted by atomic mass is 9.96. The van der Waals surface area contributed by atoms with Crippen LogP contribution in [0.5, 0.6) is 0 Å². The molecule has 0 N–H and O–H groups in total. The van der Waals surface area contributed by atoms with Crippen LogP contribution in [0.25, 0.3) is 75.1 Å². The van der Waals surface area contributed by atoms with Crippen molar-refractivity contribution in [2.75, 3.05) is 4.90 Å². The van der Waals surface area contributed by atoms with E-state index in [1.807, 2.05) is 11.3 Å². The molecule has 9 aromatic carbocycles. The SMILES string of the molecule is c1ccc(-c2ccc(N(c3ccc(-c4cccc5c4sc4c6ccccc6ccc54)cc3)c3ccc(-c4ccccc4)c4ccccc34)cc2)cc1. The lowest BCUT2D eigenvalue weighted by Gasteiger charge is -2.28. The molecule has 0 spiro atoms. The van der Waals surface area contributed by atoms with Crippen LogP contribution in [-0.2, 0) is 0 Å². The number of benzene rings is 9. The average Bonchev–Trinajstić information content (AvgIpc) is 3.62. The van der Waals surface area contributed by atoms with Crippen LogP contribution < -0.4 is 4.90 Å². The second-order valence-electron chi connectivity index (χ2n) is 13.3. The van der Waals surface area contributed by atoms with E-state index in [1.54, 1.807) is 0 Å². The predicted molar refractivity (Wildman–Crippen MR) is 225 cm³/mol. The van der Waals surface area contributed by atoms with Crippen LogP contribution >= 0.6 is 11.3 Å². The highest BCUT2D eigenvalue weighted by Crippen LogP contribution is 2.45. The molecular formula is C50H33NS.